The molecule has 0 atom stereocenters. The molecule has 0 saturated heterocycles. The Morgan fingerprint density at radius 2 is 1.78 bits per heavy atom. The number of fused-ring (bicyclic) bond motifs is 1. The van der Waals surface area contributed by atoms with E-state index in [9.17, 15) is 22.8 Å². The van der Waals surface area contributed by atoms with Gasteiger partial charge in [0, 0.05) is 24.2 Å². The Kier molecular flexibility index (Phi) is 6.07. The molecule has 1 fully saturated rings. The number of nitrogens with one attached hydrogen (secondary N) is 1. The second-order valence-electron chi connectivity index (χ2n) is 7.64. The zero-order valence-corrected chi connectivity index (χ0v) is 17.0. The Balaban J connectivity index is 1.38. The minimum atomic E-state index is -4.46. The Morgan fingerprint density at radius 1 is 1.06 bits per heavy atom. The summed E-state index contributed by atoms with van der Waals surface area (Å²) >= 11 is 0. The van der Waals surface area contributed by atoms with Crippen molar-refractivity contribution >= 4 is 17.9 Å². The highest BCUT2D eigenvalue weighted by atomic mass is 19.4. The third-order valence-electron chi connectivity index (χ3n) is 5.10. The minimum absolute atomic E-state index is 0.130. The Hall–Kier alpha value is -3.49. The van der Waals surface area contributed by atoms with Crippen LogP contribution in [0.1, 0.15) is 34.3 Å². The zero-order valence-electron chi connectivity index (χ0n) is 17.0. The van der Waals surface area contributed by atoms with Gasteiger partial charge in [-0.2, -0.15) is 13.2 Å². The lowest BCUT2D eigenvalue weighted by atomic mass is 10.1. The highest BCUT2D eigenvalue weighted by molar-refractivity contribution is 5.94. The summed E-state index contributed by atoms with van der Waals surface area (Å²) in [4.78, 5) is 26.4. The van der Waals surface area contributed by atoms with Crippen molar-refractivity contribution in [3.63, 3.8) is 0 Å². The number of hydrogen-bond acceptors (Lipinski definition) is 4. The molecule has 2 aromatic rings. The van der Waals surface area contributed by atoms with Crippen LogP contribution in [-0.2, 0) is 11.3 Å². The molecule has 1 aliphatic carbocycles. The number of carbonyl (C=O) groups excluding carboxylic acids is 2. The number of carbonyl (C=O) groups is 2. The molecule has 2 aliphatic rings. The fourth-order valence-electron chi connectivity index (χ4n) is 3.29. The van der Waals surface area contributed by atoms with Gasteiger partial charge in [-0.15, -0.1) is 0 Å². The average Bonchev–Trinajstić information content (AvgIpc) is 3.50. The van der Waals surface area contributed by atoms with Gasteiger partial charge in [-0.1, -0.05) is 18.2 Å². The van der Waals surface area contributed by atoms with E-state index in [0.717, 1.165) is 24.0 Å². The molecular formula is C23H21F3N2O4. The molecule has 2 aromatic carbocycles. The molecule has 1 heterocycles. The van der Waals surface area contributed by atoms with Crippen LogP contribution in [0.4, 0.5) is 13.2 Å². The van der Waals surface area contributed by atoms with E-state index in [1.54, 1.807) is 35.2 Å². The minimum Gasteiger partial charge on any atom is -0.454 e. The number of halogens is 3. The Bertz CT molecular complexity index is 1030. The Morgan fingerprint density at radius 3 is 2.47 bits per heavy atom. The van der Waals surface area contributed by atoms with Crippen molar-refractivity contribution in [3.8, 4) is 11.5 Å². The average molecular weight is 446 g/mol. The third-order valence-corrected chi connectivity index (χ3v) is 5.10. The maximum absolute atomic E-state index is 12.8. The summed E-state index contributed by atoms with van der Waals surface area (Å²) in [5.41, 5.74) is 1.73. The molecule has 0 unspecified atom stereocenters. The number of amides is 2. The van der Waals surface area contributed by atoms with Crippen molar-refractivity contribution in [1.82, 2.24) is 10.2 Å². The van der Waals surface area contributed by atoms with Crippen LogP contribution in [0.5, 0.6) is 11.5 Å². The van der Waals surface area contributed by atoms with Crippen molar-refractivity contribution in [1.29, 1.82) is 0 Å². The van der Waals surface area contributed by atoms with Crippen LogP contribution in [-0.4, -0.2) is 42.3 Å². The van der Waals surface area contributed by atoms with Gasteiger partial charge in [0.1, 0.15) is 6.54 Å². The van der Waals surface area contributed by atoms with Crippen LogP contribution in [0.3, 0.4) is 0 Å². The van der Waals surface area contributed by atoms with Crippen LogP contribution in [0.15, 0.2) is 48.5 Å². The van der Waals surface area contributed by atoms with Gasteiger partial charge in [0.05, 0.1) is 0 Å². The van der Waals surface area contributed by atoms with Crippen molar-refractivity contribution in [2.45, 2.75) is 31.6 Å². The third kappa shape index (κ3) is 5.60. The van der Waals surface area contributed by atoms with Crippen LogP contribution >= 0.6 is 0 Å². The lowest BCUT2D eigenvalue weighted by Gasteiger charge is -2.21. The van der Waals surface area contributed by atoms with E-state index in [0.29, 0.717) is 18.0 Å². The monoisotopic (exact) mass is 446 g/mol. The topological polar surface area (TPSA) is 67.9 Å². The first kappa shape index (κ1) is 21.7. The summed E-state index contributed by atoms with van der Waals surface area (Å²) in [7, 11) is 0. The van der Waals surface area contributed by atoms with Crippen molar-refractivity contribution in [3.05, 3.63) is 65.2 Å². The standard InChI is InChI=1S/C23H21F3N2O4/c24-23(25,26)13-27-22(30)17-5-1-16(2-6-17)12-28(18-7-8-18)21(29)10-4-15-3-9-19-20(11-15)32-14-31-19/h1-6,9-11,18H,7-8,12-14H2,(H,27,30)/b10-4+. The van der Waals surface area contributed by atoms with Crippen molar-refractivity contribution in [2.75, 3.05) is 13.3 Å². The number of nitrogens with zero attached hydrogens (tertiary/aromatic N) is 1. The molecule has 0 aromatic heterocycles. The predicted octanol–water partition coefficient (Wildman–Crippen LogP) is 3.91. The van der Waals surface area contributed by atoms with Gasteiger partial charge in [-0.05, 0) is 54.3 Å². The predicted molar refractivity (Wildman–Crippen MR) is 110 cm³/mol. The molecule has 2 amide bonds. The maximum Gasteiger partial charge on any atom is 0.405 e. The fraction of sp³-hybridized carbons (Fsp3) is 0.304. The molecule has 1 saturated carbocycles. The molecule has 6 nitrogen and oxygen atoms in total. The Labute approximate surface area is 182 Å². The number of alkyl halides is 3. The van der Waals surface area contributed by atoms with Crippen molar-refractivity contribution < 1.29 is 32.2 Å². The highest BCUT2D eigenvalue weighted by Crippen LogP contribution is 2.33. The molecule has 1 N–H and O–H groups in total. The SMILES string of the molecule is O=C(NCC(F)(F)F)c1ccc(CN(C(=O)/C=C/c2ccc3c(c2)OCO3)C2CC2)cc1. The molecule has 0 bridgehead atoms. The number of rotatable bonds is 7. The van der Waals surface area contributed by atoms with E-state index < -0.39 is 18.6 Å². The van der Waals surface area contributed by atoms with Gasteiger partial charge in [0.15, 0.2) is 11.5 Å². The maximum atomic E-state index is 12.8. The highest BCUT2D eigenvalue weighted by Gasteiger charge is 2.31. The molecule has 4 rings (SSSR count). The van der Waals surface area contributed by atoms with E-state index in [1.165, 1.54) is 18.2 Å². The lowest BCUT2D eigenvalue weighted by Crippen LogP contribution is -2.33. The van der Waals surface area contributed by atoms with E-state index in [-0.39, 0.29) is 24.3 Å². The second kappa shape index (κ2) is 8.94. The molecule has 168 valence electrons. The van der Waals surface area contributed by atoms with Crippen LogP contribution in [0.25, 0.3) is 6.08 Å². The van der Waals surface area contributed by atoms with Crippen LogP contribution < -0.4 is 14.8 Å². The number of hydrogen-bond donors (Lipinski definition) is 1. The summed E-state index contributed by atoms with van der Waals surface area (Å²) in [6, 6.07) is 11.8. The van der Waals surface area contributed by atoms with Gasteiger partial charge >= 0.3 is 6.18 Å². The van der Waals surface area contributed by atoms with E-state index >= 15 is 0 Å². The molecule has 0 radical (unpaired) electrons. The van der Waals surface area contributed by atoms with Gasteiger partial charge in [-0.3, -0.25) is 9.59 Å². The summed E-state index contributed by atoms with van der Waals surface area (Å²) in [6.45, 7) is -0.855. The summed E-state index contributed by atoms with van der Waals surface area (Å²) in [5, 5.41) is 1.84. The van der Waals surface area contributed by atoms with Gasteiger partial charge < -0.3 is 19.7 Å². The molecule has 0 spiro atoms. The summed E-state index contributed by atoms with van der Waals surface area (Å²) < 4.78 is 47.4. The van der Waals surface area contributed by atoms with Crippen molar-refractivity contribution in [2.24, 2.45) is 0 Å². The van der Waals surface area contributed by atoms with Gasteiger partial charge in [-0.25, -0.2) is 0 Å². The first-order valence-corrected chi connectivity index (χ1v) is 10.1. The normalized spacial score (nSPS) is 15.1. The lowest BCUT2D eigenvalue weighted by molar-refractivity contribution is -0.127. The summed E-state index contributed by atoms with van der Waals surface area (Å²) in [5.74, 6) is 0.370. The second-order valence-corrected chi connectivity index (χ2v) is 7.64. The van der Waals surface area contributed by atoms with Gasteiger partial charge in [0.2, 0.25) is 12.7 Å². The fourth-order valence-corrected chi connectivity index (χ4v) is 3.29. The number of ether oxygens (including phenoxy) is 2. The van der Waals surface area contributed by atoms with Crippen LogP contribution in [0, 0.1) is 0 Å². The molecule has 9 heteroatoms. The zero-order chi connectivity index (χ0) is 22.7. The quantitative estimate of drug-likeness (QED) is 0.655. The first-order valence-electron chi connectivity index (χ1n) is 10.1. The smallest absolute Gasteiger partial charge is 0.405 e. The van der Waals surface area contributed by atoms with E-state index in [4.69, 9.17) is 9.47 Å². The van der Waals surface area contributed by atoms with E-state index in [2.05, 4.69) is 0 Å². The largest absolute Gasteiger partial charge is 0.454 e. The molecule has 1 aliphatic heterocycles. The molecule has 32 heavy (non-hydrogen) atoms. The number of benzene rings is 2. The van der Waals surface area contributed by atoms with Gasteiger partial charge in [0.25, 0.3) is 5.91 Å². The summed E-state index contributed by atoms with van der Waals surface area (Å²) in [6.07, 6.45) is 0.598. The first-order chi connectivity index (χ1) is 15.3. The molecular weight excluding hydrogens is 425 g/mol. The van der Waals surface area contributed by atoms with E-state index in [1.807, 2.05) is 11.4 Å². The van der Waals surface area contributed by atoms with Crippen LogP contribution in [0.2, 0.25) is 0 Å².